The molecule has 0 fully saturated rings. The summed E-state index contributed by atoms with van der Waals surface area (Å²) in [6.45, 7) is 0. The SMILES string of the molecule is COC(=O)CC(NC(=O)C(=O)OC)C(=O)OC. The molecule has 0 aromatic rings. The molecule has 0 aliphatic rings. The summed E-state index contributed by atoms with van der Waals surface area (Å²) in [6, 6.07) is -1.29. The maximum atomic E-state index is 11.2. The summed E-state index contributed by atoms with van der Waals surface area (Å²) >= 11 is 0. The van der Waals surface area contributed by atoms with E-state index in [2.05, 4.69) is 14.2 Å². The molecule has 1 N–H and O–H groups in total. The summed E-state index contributed by atoms with van der Waals surface area (Å²) in [5, 5.41) is 1.99. The zero-order chi connectivity index (χ0) is 13.4. The second-order valence-corrected chi connectivity index (χ2v) is 2.82. The molecule has 0 rings (SSSR count). The van der Waals surface area contributed by atoms with Gasteiger partial charge < -0.3 is 19.5 Å². The number of hydrogen-bond donors (Lipinski definition) is 1. The van der Waals surface area contributed by atoms with Gasteiger partial charge in [-0.2, -0.15) is 0 Å². The maximum absolute atomic E-state index is 11.2. The number of rotatable bonds is 4. The Morgan fingerprint density at radius 2 is 1.59 bits per heavy atom. The van der Waals surface area contributed by atoms with E-state index in [0.29, 0.717) is 0 Å². The summed E-state index contributed by atoms with van der Waals surface area (Å²) in [6.07, 6.45) is -0.439. The lowest BCUT2D eigenvalue weighted by molar-refractivity contribution is -0.156. The van der Waals surface area contributed by atoms with Crippen molar-refractivity contribution >= 4 is 23.8 Å². The van der Waals surface area contributed by atoms with Crippen LogP contribution in [0.2, 0.25) is 0 Å². The summed E-state index contributed by atoms with van der Waals surface area (Å²) < 4.78 is 12.8. The van der Waals surface area contributed by atoms with E-state index in [9.17, 15) is 19.2 Å². The van der Waals surface area contributed by atoms with Crippen molar-refractivity contribution < 1.29 is 33.4 Å². The van der Waals surface area contributed by atoms with Crippen molar-refractivity contribution in [2.75, 3.05) is 21.3 Å². The van der Waals surface area contributed by atoms with Gasteiger partial charge in [0.15, 0.2) is 0 Å². The number of amides is 1. The zero-order valence-corrected chi connectivity index (χ0v) is 9.64. The number of hydrogen-bond acceptors (Lipinski definition) is 7. The third kappa shape index (κ3) is 4.96. The molecule has 0 bridgehead atoms. The first-order valence-electron chi connectivity index (χ1n) is 4.49. The molecule has 8 heteroatoms. The van der Waals surface area contributed by atoms with Gasteiger partial charge in [0.05, 0.1) is 27.8 Å². The molecule has 8 nitrogen and oxygen atoms in total. The van der Waals surface area contributed by atoms with Gasteiger partial charge in [-0.3, -0.25) is 9.59 Å². The Morgan fingerprint density at radius 1 is 1.00 bits per heavy atom. The fraction of sp³-hybridized carbons (Fsp3) is 0.556. The number of ether oxygens (including phenoxy) is 3. The zero-order valence-electron chi connectivity index (χ0n) is 9.64. The van der Waals surface area contributed by atoms with Crippen LogP contribution in [0.5, 0.6) is 0 Å². The van der Waals surface area contributed by atoms with Crippen molar-refractivity contribution in [2.24, 2.45) is 0 Å². The highest BCUT2D eigenvalue weighted by Crippen LogP contribution is 1.97. The highest BCUT2D eigenvalue weighted by atomic mass is 16.5. The van der Waals surface area contributed by atoms with Crippen LogP contribution in [-0.2, 0) is 33.4 Å². The first-order chi connectivity index (χ1) is 7.96. The van der Waals surface area contributed by atoms with E-state index in [1.165, 1.54) is 0 Å². The van der Waals surface area contributed by atoms with Gasteiger partial charge in [0.25, 0.3) is 0 Å². The molecular formula is C9H13NO7. The molecule has 0 aromatic heterocycles. The van der Waals surface area contributed by atoms with E-state index < -0.39 is 36.3 Å². The Kier molecular flexibility index (Phi) is 6.30. The largest absolute Gasteiger partial charge is 0.469 e. The second kappa shape index (κ2) is 7.20. The number of carbonyl (C=O) groups is 4. The minimum absolute atomic E-state index is 0.439. The molecule has 17 heavy (non-hydrogen) atoms. The first-order valence-corrected chi connectivity index (χ1v) is 4.49. The van der Waals surface area contributed by atoms with E-state index in [1.807, 2.05) is 5.32 Å². The molecular weight excluding hydrogens is 234 g/mol. The molecule has 0 spiro atoms. The van der Waals surface area contributed by atoms with Crippen LogP contribution in [0, 0.1) is 0 Å². The average molecular weight is 247 g/mol. The lowest BCUT2D eigenvalue weighted by Gasteiger charge is -2.14. The molecule has 0 saturated heterocycles. The van der Waals surface area contributed by atoms with Crippen molar-refractivity contribution in [1.82, 2.24) is 5.32 Å². The molecule has 1 atom stereocenters. The van der Waals surface area contributed by atoms with E-state index in [1.54, 1.807) is 0 Å². The molecule has 0 aliphatic heterocycles. The van der Waals surface area contributed by atoms with Crippen molar-refractivity contribution in [3.05, 3.63) is 0 Å². The fourth-order valence-electron chi connectivity index (χ4n) is 0.895. The van der Waals surface area contributed by atoms with Gasteiger partial charge in [0.1, 0.15) is 6.04 Å². The van der Waals surface area contributed by atoms with Crippen LogP contribution in [0.25, 0.3) is 0 Å². The van der Waals surface area contributed by atoms with Crippen LogP contribution in [0.1, 0.15) is 6.42 Å². The van der Waals surface area contributed by atoms with Gasteiger partial charge in [-0.15, -0.1) is 0 Å². The maximum Gasteiger partial charge on any atom is 0.396 e. The van der Waals surface area contributed by atoms with Crippen LogP contribution in [0.3, 0.4) is 0 Å². The molecule has 0 saturated carbocycles. The molecule has 0 heterocycles. The minimum atomic E-state index is -1.29. The smallest absolute Gasteiger partial charge is 0.396 e. The summed E-state index contributed by atoms with van der Waals surface area (Å²) in [7, 11) is 3.21. The molecule has 0 radical (unpaired) electrons. The number of methoxy groups -OCH3 is 3. The van der Waals surface area contributed by atoms with Gasteiger partial charge in [-0.25, -0.2) is 9.59 Å². The van der Waals surface area contributed by atoms with Crippen LogP contribution >= 0.6 is 0 Å². The third-order valence-corrected chi connectivity index (χ3v) is 1.76. The molecule has 96 valence electrons. The monoisotopic (exact) mass is 247 g/mol. The normalized spacial score (nSPS) is 11.0. The number of carbonyl (C=O) groups excluding carboxylic acids is 4. The lowest BCUT2D eigenvalue weighted by atomic mass is 10.2. The third-order valence-electron chi connectivity index (χ3n) is 1.76. The van der Waals surface area contributed by atoms with Gasteiger partial charge in [0.2, 0.25) is 0 Å². The topological polar surface area (TPSA) is 108 Å². The van der Waals surface area contributed by atoms with E-state index in [0.717, 1.165) is 21.3 Å². The Hall–Kier alpha value is -2.12. The predicted molar refractivity (Wildman–Crippen MR) is 52.6 cm³/mol. The van der Waals surface area contributed by atoms with E-state index >= 15 is 0 Å². The van der Waals surface area contributed by atoms with Crippen LogP contribution < -0.4 is 5.32 Å². The van der Waals surface area contributed by atoms with Gasteiger partial charge >= 0.3 is 23.8 Å². The quantitative estimate of drug-likeness (QED) is 0.361. The Bertz CT molecular complexity index is 325. The number of nitrogens with one attached hydrogen (secondary N) is 1. The molecule has 0 aromatic carbocycles. The van der Waals surface area contributed by atoms with Crippen LogP contribution in [0.15, 0.2) is 0 Å². The van der Waals surface area contributed by atoms with Crippen LogP contribution in [-0.4, -0.2) is 51.2 Å². The van der Waals surface area contributed by atoms with Crippen molar-refractivity contribution in [2.45, 2.75) is 12.5 Å². The predicted octanol–water partition coefficient (Wildman–Crippen LogP) is -1.62. The second-order valence-electron chi connectivity index (χ2n) is 2.82. The van der Waals surface area contributed by atoms with Gasteiger partial charge in [-0.1, -0.05) is 0 Å². The minimum Gasteiger partial charge on any atom is -0.469 e. The highest BCUT2D eigenvalue weighted by molar-refractivity contribution is 6.32. The Labute approximate surface area is 97.2 Å². The molecule has 1 unspecified atom stereocenters. The van der Waals surface area contributed by atoms with Crippen molar-refractivity contribution in [1.29, 1.82) is 0 Å². The van der Waals surface area contributed by atoms with E-state index in [-0.39, 0.29) is 0 Å². The first kappa shape index (κ1) is 14.9. The molecule has 0 aliphatic carbocycles. The Balaban J connectivity index is 4.60. The highest BCUT2D eigenvalue weighted by Gasteiger charge is 2.27. The lowest BCUT2D eigenvalue weighted by Crippen LogP contribution is -2.46. The standard InChI is InChI=1S/C9H13NO7/c1-15-6(11)4-5(8(13)16-2)10-7(12)9(14)17-3/h5H,4H2,1-3H3,(H,10,12). The van der Waals surface area contributed by atoms with Gasteiger partial charge in [0, 0.05) is 0 Å². The van der Waals surface area contributed by atoms with Crippen molar-refractivity contribution in [3.63, 3.8) is 0 Å². The average Bonchev–Trinajstić information content (AvgIpc) is 2.35. The van der Waals surface area contributed by atoms with E-state index in [4.69, 9.17) is 0 Å². The summed E-state index contributed by atoms with van der Waals surface area (Å²) in [5.41, 5.74) is 0. The number of esters is 3. The summed E-state index contributed by atoms with van der Waals surface area (Å²) in [5.74, 6) is -3.92. The summed E-state index contributed by atoms with van der Waals surface area (Å²) in [4.78, 5) is 44.1. The van der Waals surface area contributed by atoms with Gasteiger partial charge in [-0.05, 0) is 0 Å². The Morgan fingerprint density at radius 3 is 2.00 bits per heavy atom. The van der Waals surface area contributed by atoms with Crippen LogP contribution in [0.4, 0.5) is 0 Å². The van der Waals surface area contributed by atoms with Crippen molar-refractivity contribution in [3.8, 4) is 0 Å². The molecule has 1 amide bonds. The fourth-order valence-corrected chi connectivity index (χ4v) is 0.895.